The molecular weight excluding hydrogens is 254 g/mol. The topological polar surface area (TPSA) is 57.0 Å². The third-order valence-electron chi connectivity index (χ3n) is 2.52. The quantitative estimate of drug-likeness (QED) is 0.795. The molecule has 18 heavy (non-hydrogen) atoms. The lowest BCUT2D eigenvalue weighted by atomic mass is 10.3. The number of aromatic nitrogens is 3. The molecule has 0 saturated heterocycles. The van der Waals surface area contributed by atoms with Gasteiger partial charge in [0.15, 0.2) is 6.29 Å². The zero-order chi connectivity index (χ0) is 13.1. The first-order valence-corrected chi connectivity index (χ1v) is 5.71. The number of ether oxygens (including phenoxy) is 1. The van der Waals surface area contributed by atoms with Gasteiger partial charge in [-0.1, -0.05) is 11.6 Å². The Hall–Kier alpha value is -1.88. The van der Waals surface area contributed by atoms with Crippen molar-refractivity contribution in [1.29, 1.82) is 0 Å². The standard InChI is InChI=1S/C12H12ClN3O2/c1-8-3-4-10(9(6-17)15-8)18-7-12-14-5-11(13)16(12)2/h3-6H,7H2,1-2H3. The first kappa shape index (κ1) is 12.6. The maximum atomic E-state index is 10.9. The van der Waals surface area contributed by atoms with Crippen LogP contribution in [0.3, 0.4) is 0 Å². The van der Waals surface area contributed by atoms with Crippen molar-refractivity contribution < 1.29 is 9.53 Å². The Labute approximate surface area is 109 Å². The molecule has 0 bridgehead atoms. The van der Waals surface area contributed by atoms with Crippen LogP contribution in [-0.2, 0) is 13.7 Å². The first-order valence-electron chi connectivity index (χ1n) is 5.33. The lowest BCUT2D eigenvalue weighted by Gasteiger charge is -2.08. The second-order valence-corrected chi connectivity index (χ2v) is 4.19. The first-order chi connectivity index (χ1) is 8.61. The van der Waals surface area contributed by atoms with Gasteiger partial charge in [-0.05, 0) is 19.1 Å². The number of aryl methyl sites for hydroxylation is 1. The monoisotopic (exact) mass is 265 g/mol. The highest BCUT2D eigenvalue weighted by atomic mass is 35.5. The van der Waals surface area contributed by atoms with Gasteiger partial charge in [-0.25, -0.2) is 9.97 Å². The molecule has 0 saturated carbocycles. The van der Waals surface area contributed by atoms with Crippen molar-refractivity contribution in [2.45, 2.75) is 13.5 Å². The Balaban J connectivity index is 2.15. The Morgan fingerprint density at radius 2 is 2.28 bits per heavy atom. The molecular formula is C12H12ClN3O2. The molecule has 5 nitrogen and oxygen atoms in total. The highest BCUT2D eigenvalue weighted by Crippen LogP contribution is 2.17. The van der Waals surface area contributed by atoms with Crippen molar-refractivity contribution >= 4 is 17.9 Å². The Morgan fingerprint density at radius 1 is 1.50 bits per heavy atom. The second-order valence-electron chi connectivity index (χ2n) is 3.80. The number of imidazole rings is 1. The van der Waals surface area contributed by atoms with E-state index in [1.165, 1.54) is 0 Å². The molecule has 0 spiro atoms. The van der Waals surface area contributed by atoms with Gasteiger partial charge in [-0.15, -0.1) is 0 Å². The maximum absolute atomic E-state index is 10.9. The number of rotatable bonds is 4. The van der Waals surface area contributed by atoms with Crippen LogP contribution in [0.15, 0.2) is 18.3 Å². The maximum Gasteiger partial charge on any atom is 0.172 e. The van der Waals surface area contributed by atoms with E-state index in [1.807, 2.05) is 6.92 Å². The molecule has 0 N–H and O–H groups in total. The largest absolute Gasteiger partial charge is 0.483 e. The van der Waals surface area contributed by atoms with E-state index in [0.717, 1.165) is 5.69 Å². The number of carbonyl (C=O) groups excluding carboxylic acids is 1. The van der Waals surface area contributed by atoms with Crippen LogP contribution in [0.5, 0.6) is 5.75 Å². The van der Waals surface area contributed by atoms with E-state index in [-0.39, 0.29) is 12.3 Å². The fourth-order valence-electron chi connectivity index (χ4n) is 1.47. The van der Waals surface area contributed by atoms with Gasteiger partial charge in [0.05, 0.1) is 6.20 Å². The molecule has 2 aromatic heterocycles. The summed E-state index contributed by atoms with van der Waals surface area (Å²) in [5.41, 5.74) is 1.06. The number of carbonyl (C=O) groups is 1. The van der Waals surface area contributed by atoms with Gasteiger partial charge in [0, 0.05) is 12.7 Å². The summed E-state index contributed by atoms with van der Waals surface area (Å²) >= 11 is 5.87. The molecule has 0 aliphatic heterocycles. The summed E-state index contributed by atoms with van der Waals surface area (Å²) < 4.78 is 7.24. The summed E-state index contributed by atoms with van der Waals surface area (Å²) in [6.07, 6.45) is 2.22. The van der Waals surface area contributed by atoms with Gasteiger partial charge in [-0.2, -0.15) is 0 Å². The molecule has 2 heterocycles. The number of halogens is 1. The number of aldehydes is 1. The van der Waals surface area contributed by atoms with Crippen molar-refractivity contribution in [2.24, 2.45) is 7.05 Å². The van der Waals surface area contributed by atoms with Crippen molar-refractivity contribution in [3.8, 4) is 5.75 Å². The van der Waals surface area contributed by atoms with E-state index in [1.54, 1.807) is 29.9 Å². The fraction of sp³-hybridized carbons (Fsp3) is 0.250. The van der Waals surface area contributed by atoms with E-state index in [9.17, 15) is 4.79 Å². The van der Waals surface area contributed by atoms with Crippen LogP contribution in [0, 0.1) is 6.92 Å². The molecule has 0 atom stereocenters. The zero-order valence-corrected chi connectivity index (χ0v) is 10.8. The Morgan fingerprint density at radius 3 is 2.89 bits per heavy atom. The molecule has 0 aliphatic rings. The Bertz CT molecular complexity index is 581. The van der Waals surface area contributed by atoms with Crippen molar-refractivity contribution in [2.75, 3.05) is 0 Å². The van der Waals surface area contributed by atoms with Crippen molar-refractivity contribution in [1.82, 2.24) is 14.5 Å². The van der Waals surface area contributed by atoms with Gasteiger partial charge < -0.3 is 9.30 Å². The number of pyridine rings is 1. The molecule has 2 aromatic rings. The third kappa shape index (κ3) is 2.51. The van der Waals surface area contributed by atoms with Gasteiger partial charge >= 0.3 is 0 Å². The normalized spacial score (nSPS) is 10.4. The predicted octanol–water partition coefficient (Wildman–Crippen LogP) is 2.17. The van der Waals surface area contributed by atoms with E-state index in [0.29, 0.717) is 23.0 Å². The zero-order valence-electron chi connectivity index (χ0n) is 10.1. The molecule has 0 unspecified atom stereocenters. The smallest absolute Gasteiger partial charge is 0.172 e. The van der Waals surface area contributed by atoms with E-state index in [4.69, 9.17) is 16.3 Å². The van der Waals surface area contributed by atoms with E-state index < -0.39 is 0 Å². The summed E-state index contributed by atoms with van der Waals surface area (Å²) in [5.74, 6) is 1.12. The Kier molecular flexibility index (Phi) is 3.62. The molecule has 2 rings (SSSR count). The molecule has 0 aliphatic carbocycles. The minimum absolute atomic E-state index is 0.231. The van der Waals surface area contributed by atoms with Crippen LogP contribution in [0.25, 0.3) is 0 Å². The van der Waals surface area contributed by atoms with E-state index in [2.05, 4.69) is 9.97 Å². The van der Waals surface area contributed by atoms with Gasteiger partial charge in [0.2, 0.25) is 0 Å². The van der Waals surface area contributed by atoms with Crippen molar-refractivity contribution in [3.63, 3.8) is 0 Å². The summed E-state index contributed by atoms with van der Waals surface area (Å²) in [6, 6.07) is 3.50. The van der Waals surface area contributed by atoms with Gasteiger partial charge in [0.1, 0.15) is 29.0 Å². The highest BCUT2D eigenvalue weighted by Gasteiger charge is 2.08. The molecule has 6 heteroatoms. The minimum Gasteiger partial charge on any atom is -0.483 e. The molecule has 0 fully saturated rings. The summed E-state index contributed by atoms with van der Waals surface area (Å²) in [5, 5.41) is 0.534. The minimum atomic E-state index is 0.231. The van der Waals surface area contributed by atoms with Crippen LogP contribution >= 0.6 is 11.6 Å². The molecule has 94 valence electrons. The van der Waals surface area contributed by atoms with Crippen LogP contribution in [0.2, 0.25) is 5.15 Å². The van der Waals surface area contributed by atoms with Gasteiger partial charge in [-0.3, -0.25) is 4.79 Å². The summed E-state index contributed by atoms with van der Waals surface area (Å²) in [6.45, 7) is 2.05. The summed E-state index contributed by atoms with van der Waals surface area (Å²) in [4.78, 5) is 19.1. The number of hydrogen-bond donors (Lipinski definition) is 0. The van der Waals surface area contributed by atoms with Gasteiger partial charge in [0.25, 0.3) is 0 Å². The molecule has 0 aromatic carbocycles. The lowest BCUT2D eigenvalue weighted by Crippen LogP contribution is -2.05. The number of nitrogens with zero attached hydrogens (tertiary/aromatic N) is 3. The lowest BCUT2D eigenvalue weighted by molar-refractivity contribution is 0.111. The predicted molar refractivity (Wildman–Crippen MR) is 66.9 cm³/mol. The average molecular weight is 266 g/mol. The highest BCUT2D eigenvalue weighted by molar-refractivity contribution is 6.29. The second kappa shape index (κ2) is 5.18. The molecule has 0 radical (unpaired) electrons. The van der Waals surface area contributed by atoms with E-state index >= 15 is 0 Å². The van der Waals surface area contributed by atoms with Crippen molar-refractivity contribution in [3.05, 3.63) is 40.7 Å². The molecule has 0 amide bonds. The average Bonchev–Trinajstić information content (AvgIpc) is 2.68. The number of hydrogen-bond acceptors (Lipinski definition) is 4. The van der Waals surface area contributed by atoms with Crippen LogP contribution in [0.4, 0.5) is 0 Å². The third-order valence-corrected chi connectivity index (χ3v) is 2.87. The summed E-state index contributed by atoms with van der Waals surface area (Å²) in [7, 11) is 1.79. The van der Waals surface area contributed by atoms with Crippen LogP contribution in [0.1, 0.15) is 22.0 Å². The van der Waals surface area contributed by atoms with Crippen LogP contribution in [-0.4, -0.2) is 20.8 Å². The van der Waals surface area contributed by atoms with Crippen LogP contribution < -0.4 is 4.74 Å². The fourth-order valence-corrected chi connectivity index (χ4v) is 1.62. The SMILES string of the molecule is Cc1ccc(OCc2ncc(Cl)n2C)c(C=O)n1.